The predicted octanol–water partition coefficient (Wildman–Crippen LogP) is 0.625. The standard InChI is InChI=1S/C8H16N2O/c1-7(2)8-3-4-10(5-8)9-6-11/h6-8H,3-5H2,1-2H3,(H,9,11). The van der Waals surface area contributed by atoms with Crippen LogP contribution in [0.4, 0.5) is 0 Å². The van der Waals surface area contributed by atoms with E-state index < -0.39 is 0 Å². The summed E-state index contributed by atoms with van der Waals surface area (Å²) in [5.41, 5.74) is 2.68. The van der Waals surface area contributed by atoms with Crippen molar-refractivity contribution in [1.29, 1.82) is 0 Å². The molecule has 1 fully saturated rings. The minimum Gasteiger partial charge on any atom is -0.292 e. The number of rotatable bonds is 3. The van der Waals surface area contributed by atoms with Crippen LogP contribution in [0.3, 0.4) is 0 Å². The van der Waals surface area contributed by atoms with Crippen LogP contribution in [0.5, 0.6) is 0 Å². The van der Waals surface area contributed by atoms with Gasteiger partial charge in [0.1, 0.15) is 0 Å². The summed E-state index contributed by atoms with van der Waals surface area (Å²) in [5, 5.41) is 1.98. The number of hydrazine groups is 1. The normalized spacial score (nSPS) is 25.9. The van der Waals surface area contributed by atoms with Gasteiger partial charge in [-0.2, -0.15) is 0 Å². The van der Waals surface area contributed by atoms with Crippen molar-refractivity contribution in [2.75, 3.05) is 13.1 Å². The third kappa shape index (κ3) is 2.19. The van der Waals surface area contributed by atoms with Gasteiger partial charge >= 0.3 is 0 Å². The Morgan fingerprint density at radius 2 is 2.36 bits per heavy atom. The van der Waals surface area contributed by atoms with E-state index >= 15 is 0 Å². The molecule has 1 unspecified atom stereocenters. The highest BCUT2D eigenvalue weighted by Gasteiger charge is 2.23. The Labute approximate surface area is 67.7 Å². The van der Waals surface area contributed by atoms with Crippen molar-refractivity contribution < 1.29 is 4.79 Å². The molecule has 0 saturated carbocycles. The largest absolute Gasteiger partial charge is 0.292 e. The van der Waals surface area contributed by atoms with Gasteiger partial charge in [-0.1, -0.05) is 13.8 Å². The summed E-state index contributed by atoms with van der Waals surface area (Å²) < 4.78 is 0. The second-order valence-corrected chi connectivity index (χ2v) is 3.49. The van der Waals surface area contributed by atoms with Gasteiger partial charge in [0.05, 0.1) is 0 Å². The van der Waals surface area contributed by atoms with E-state index in [9.17, 15) is 4.79 Å². The first kappa shape index (κ1) is 8.53. The topological polar surface area (TPSA) is 32.3 Å². The van der Waals surface area contributed by atoms with Gasteiger partial charge in [-0.3, -0.25) is 10.2 Å². The summed E-state index contributed by atoms with van der Waals surface area (Å²) in [4.78, 5) is 10.1. The fourth-order valence-electron chi connectivity index (χ4n) is 1.52. The zero-order valence-corrected chi connectivity index (χ0v) is 7.21. The van der Waals surface area contributed by atoms with E-state index in [-0.39, 0.29) is 0 Å². The summed E-state index contributed by atoms with van der Waals surface area (Å²) in [6.45, 7) is 6.47. The van der Waals surface area contributed by atoms with Gasteiger partial charge < -0.3 is 0 Å². The molecule has 1 N–H and O–H groups in total. The molecule has 0 spiro atoms. The molecule has 0 bridgehead atoms. The first-order chi connectivity index (χ1) is 5.24. The van der Waals surface area contributed by atoms with Crippen LogP contribution in [0.25, 0.3) is 0 Å². The number of carbonyl (C=O) groups is 1. The van der Waals surface area contributed by atoms with Crippen LogP contribution in [-0.4, -0.2) is 24.5 Å². The van der Waals surface area contributed by atoms with Crippen LogP contribution in [0, 0.1) is 11.8 Å². The zero-order chi connectivity index (χ0) is 8.27. The minimum absolute atomic E-state index is 0.730. The number of hydrogen-bond donors (Lipinski definition) is 1. The van der Waals surface area contributed by atoms with Crippen molar-refractivity contribution >= 4 is 6.41 Å². The highest BCUT2D eigenvalue weighted by Crippen LogP contribution is 2.21. The van der Waals surface area contributed by atoms with Crippen LogP contribution in [0.1, 0.15) is 20.3 Å². The van der Waals surface area contributed by atoms with Crippen LogP contribution >= 0.6 is 0 Å². The number of carbonyl (C=O) groups excluding carboxylic acids is 1. The quantitative estimate of drug-likeness (QED) is 0.608. The van der Waals surface area contributed by atoms with E-state index in [2.05, 4.69) is 19.3 Å². The molecule has 1 heterocycles. The molecule has 1 aliphatic heterocycles. The number of nitrogens with one attached hydrogen (secondary N) is 1. The Morgan fingerprint density at radius 3 is 2.82 bits per heavy atom. The summed E-state index contributed by atoms with van der Waals surface area (Å²) >= 11 is 0. The molecule has 0 radical (unpaired) electrons. The molecule has 1 aliphatic rings. The molecule has 64 valence electrons. The Hall–Kier alpha value is -0.570. The lowest BCUT2D eigenvalue weighted by atomic mass is 9.96. The molecule has 0 aliphatic carbocycles. The lowest BCUT2D eigenvalue weighted by Crippen LogP contribution is -2.35. The van der Waals surface area contributed by atoms with Crippen molar-refractivity contribution in [1.82, 2.24) is 10.4 Å². The molecule has 3 heteroatoms. The van der Waals surface area contributed by atoms with Crippen LogP contribution in [-0.2, 0) is 4.79 Å². The second kappa shape index (κ2) is 3.72. The molecule has 0 aromatic carbocycles. The second-order valence-electron chi connectivity index (χ2n) is 3.49. The van der Waals surface area contributed by atoms with Crippen molar-refractivity contribution in [2.24, 2.45) is 11.8 Å². The molecule has 1 amide bonds. The Balaban J connectivity index is 2.28. The Bertz CT molecular complexity index is 136. The maximum Gasteiger partial charge on any atom is 0.221 e. The van der Waals surface area contributed by atoms with E-state index in [0.717, 1.165) is 31.3 Å². The maximum absolute atomic E-state index is 10.1. The number of amides is 1. The molecule has 11 heavy (non-hydrogen) atoms. The van der Waals surface area contributed by atoms with E-state index in [1.807, 2.05) is 5.01 Å². The third-order valence-electron chi connectivity index (χ3n) is 2.40. The third-order valence-corrected chi connectivity index (χ3v) is 2.40. The molecular formula is C8H16N2O. The van der Waals surface area contributed by atoms with Crippen molar-refractivity contribution in [3.05, 3.63) is 0 Å². The lowest BCUT2D eigenvalue weighted by molar-refractivity contribution is -0.113. The fraction of sp³-hybridized carbons (Fsp3) is 0.875. The first-order valence-corrected chi connectivity index (χ1v) is 4.18. The molecular weight excluding hydrogens is 140 g/mol. The van der Waals surface area contributed by atoms with Gasteiger partial charge in [0.25, 0.3) is 0 Å². The van der Waals surface area contributed by atoms with Gasteiger partial charge in [-0.25, -0.2) is 5.01 Å². The molecule has 1 atom stereocenters. The summed E-state index contributed by atoms with van der Waals surface area (Å²) in [5.74, 6) is 1.48. The summed E-state index contributed by atoms with van der Waals surface area (Å²) in [6, 6.07) is 0. The fourth-order valence-corrected chi connectivity index (χ4v) is 1.52. The van der Waals surface area contributed by atoms with Gasteiger partial charge in [0.15, 0.2) is 0 Å². The van der Waals surface area contributed by atoms with Gasteiger partial charge in [0.2, 0.25) is 6.41 Å². The van der Waals surface area contributed by atoms with E-state index in [0.29, 0.717) is 0 Å². The van der Waals surface area contributed by atoms with Crippen molar-refractivity contribution in [3.8, 4) is 0 Å². The minimum atomic E-state index is 0.730. The van der Waals surface area contributed by atoms with Crippen LogP contribution in [0.2, 0.25) is 0 Å². The number of hydrogen-bond acceptors (Lipinski definition) is 2. The highest BCUT2D eigenvalue weighted by atomic mass is 16.1. The molecule has 0 aromatic rings. The molecule has 0 aromatic heterocycles. The zero-order valence-electron chi connectivity index (χ0n) is 7.21. The van der Waals surface area contributed by atoms with E-state index in [1.165, 1.54) is 6.42 Å². The summed E-state index contributed by atoms with van der Waals surface area (Å²) in [6.07, 6.45) is 1.96. The molecule has 1 rings (SSSR count). The average Bonchev–Trinajstić information content (AvgIpc) is 2.37. The van der Waals surface area contributed by atoms with Gasteiger partial charge in [0, 0.05) is 13.1 Å². The number of nitrogens with zero attached hydrogens (tertiary/aromatic N) is 1. The molecule has 1 saturated heterocycles. The van der Waals surface area contributed by atoms with Crippen LogP contribution in [0.15, 0.2) is 0 Å². The first-order valence-electron chi connectivity index (χ1n) is 4.18. The Morgan fingerprint density at radius 1 is 1.64 bits per heavy atom. The van der Waals surface area contributed by atoms with E-state index in [1.54, 1.807) is 0 Å². The maximum atomic E-state index is 10.1. The van der Waals surface area contributed by atoms with E-state index in [4.69, 9.17) is 0 Å². The van der Waals surface area contributed by atoms with Gasteiger partial charge in [-0.05, 0) is 18.3 Å². The summed E-state index contributed by atoms with van der Waals surface area (Å²) in [7, 11) is 0. The SMILES string of the molecule is CC(C)C1CCN(NC=O)C1. The monoisotopic (exact) mass is 156 g/mol. The van der Waals surface area contributed by atoms with Crippen LogP contribution < -0.4 is 5.43 Å². The lowest BCUT2D eigenvalue weighted by Gasteiger charge is -2.15. The highest BCUT2D eigenvalue weighted by molar-refractivity contribution is 5.45. The van der Waals surface area contributed by atoms with Gasteiger partial charge in [-0.15, -0.1) is 0 Å². The van der Waals surface area contributed by atoms with Crippen molar-refractivity contribution in [3.63, 3.8) is 0 Å². The molecule has 3 nitrogen and oxygen atoms in total. The Kier molecular flexibility index (Phi) is 2.88. The van der Waals surface area contributed by atoms with Crippen molar-refractivity contribution in [2.45, 2.75) is 20.3 Å². The smallest absolute Gasteiger partial charge is 0.221 e. The predicted molar refractivity (Wildman–Crippen MR) is 43.7 cm³/mol. The average molecular weight is 156 g/mol.